The van der Waals surface area contributed by atoms with E-state index in [2.05, 4.69) is 15.6 Å². The van der Waals surface area contributed by atoms with Crippen LogP contribution >= 0.6 is 11.8 Å². The molecule has 1 aliphatic heterocycles. The summed E-state index contributed by atoms with van der Waals surface area (Å²) in [7, 11) is 1.70. The number of thioether (sulfide) groups is 1. The smallest absolute Gasteiger partial charge is 0.240 e. The van der Waals surface area contributed by atoms with Gasteiger partial charge in [-0.05, 0) is 19.3 Å². The Hall–Kier alpha value is -1.46. The van der Waals surface area contributed by atoms with Crippen LogP contribution in [0.2, 0.25) is 0 Å². The zero-order valence-corrected chi connectivity index (χ0v) is 12.6. The van der Waals surface area contributed by atoms with Crippen LogP contribution in [0.25, 0.3) is 0 Å². The molecule has 1 saturated heterocycles. The van der Waals surface area contributed by atoms with Gasteiger partial charge in [-0.15, -0.1) is 16.8 Å². The van der Waals surface area contributed by atoms with Gasteiger partial charge in [0.1, 0.15) is 0 Å². The third kappa shape index (κ3) is 5.67. The molecular weight excluding hydrogens is 276 g/mol. The Bertz CT molecular complexity index is 375. The van der Waals surface area contributed by atoms with Gasteiger partial charge in [-0.2, -0.15) is 5.26 Å². The fraction of sp³-hybridized carbons (Fsp3) is 0.750. The SMILES string of the molecule is CN/C(=N/C#N)NCCCC[C@H](N)C(=O)N1CCSC1. The van der Waals surface area contributed by atoms with Crippen molar-refractivity contribution in [2.24, 2.45) is 10.7 Å². The minimum Gasteiger partial charge on any atom is -0.359 e. The van der Waals surface area contributed by atoms with Gasteiger partial charge >= 0.3 is 0 Å². The third-order valence-electron chi connectivity index (χ3n) is 3.01. The van der Waals surface area contributed by atoms with E-state index in [9.17, 15) is 4.79 Å². The lowest BCUT2D eigenvalue weighted by molar-refractivity contribution is -0.131. The molecule has 0 aromatic carbocycles. The first kappa shape index (κ1) is 16.6. The number of unbranched alkanes of at least 4 members (excludes halogenated alkanes) is 1. The summed E-state index contributed by atoms with van der Waals surface area (Å²) in [6.45, 7) is 1.51. The minimum atomic E-state index is -0.398. The number of nitriles is 1. The molecule has 1 aliphatic rings. The molecule has 1 heterocycles. The summed E-state index contributed by atoms with van der Waals surface area (Å²) in [4.78, 5) is 17.3. The summed E-state index contributed by atoms with van der Waals surface area (Å²) in [5.74, 6) is 2.30. The van der Waals surface area contributed by atoms with E-state index >= 15 is 0 Å². The third-order valence-corrected chi connectivity index (χ3v) is 3.98. The molecule has 1 fully saturated rings. The maximum atomic E-state index is 12.0. The Morgan fingerprint density at radius 1 is 1.60 bits per heavy atom. The maximum Gasteiger partial charge on any atom is 0.240 e. The number of nitrogens with zero attached hydrogens (tertiary/aromatic N) is 3. The largest absolute Gasteiger partial charge is 0.359 e. The summed E-state index contributed by atoms with van der Waals surface area (Å²) in [6.07, 6.45) is 4.14. The van der Waals surface area contributed by atoms with Gasteiger partial charge in [0.2, 0.25) is 18.1 Å². The monoisotopic (exact) mass is 298 g/mol. The van der Waals surface area contributed by atoms with Gasteiger partial charge in [-0.25, -0.2) is 0 Å². The van der Waals surface area contributed by atoms with E-state index in [1.54, 1.807) is 25.0 Å². The molecule has 0 saturated carbocycles. The molecule has 112 valence electrons. The van der Waals surface area contributed by atoms with Crippen molar-refractivity contribution in [1.29, 1.82) is 5.26 Å². The van der Waals surface area contributed by atoms with Crippen LogP contribution in [-0.4, -0.2) is 54.6 Å². The first-order valence-electron chi connectivity index (χ1n) is 6.69. The lowest BCUT2D eigenvalue weighted by Gasteiger charge is -2.19. The fourth-order valence-corrected chi connectivity index (χ4v) is 2.83. The molecule has 0 spiro atoms. The molecule has 0 aromatic heterocycles. The topological polar surface area (TPSA) is 107 Å². The van der Waals surface area contributed by atoms with Crippen LogP contribution in [0, 0.1) is 11.5 Å². The van der Waals surface area contributed by atoms with E-state index in [1.165, 1.54) is 0 Å². The Morgan fingerprint density at radius 2 is 2.40 bits per heavy atom. The van der Waals surface area contributed by atoms with Gasteiger partial charge < -0.3 is 21.3 Å². The summed E-state index contributed by atoms with van der Waals surface area (Å²) >= 11 is 1.76. The van der Waals surface area contributed by atoms with Gasteiger partial charge in [-0.1, -0.05) is 0 Å². The van der Waals surface area contributed by atoms with Gasteiger partial charge in [0.15, 0.2) is 0 Å². The second-order valence-corrected chi connectivity index (χ2v) is 5.55. The second-order valence-electron chi connectivity index (χ2n) is 4.48. The first-order valence-corrected chi connectivity index (χ1v) is 7.85. The number of nitrogens with one attached hydrogen (secondary N) is 2. The second kappa shape index (κ2) is 9.44. The van der Waals surface area contributed by atoms with Crippen LogP contribution < -0.4 is 16.4 Å². The molecule has 7 nitrogen and oxygen atoms in total. The minimum absolute atomic E-state index is 0.0601. The van der Waals surface area contributed by atoms with Crippen molar-refractivity contribution >= 4 is 23.6 Å². The molecule has 0 unspecified atom stereocenters. The van der Waals surface area contributed by atoms with Crippen LogP contribution in [0.1, 0.15) is 19.3 Å². The standard InChI is InChI=1S/C12H22N6OS/c1-15-12(17-8-13)16-5-3-2-4-10(14)11(19)18-6-7-20-9-18/h10H,2-7,9,14H2,1H3,(H2,15,16,17)/t10-/m0/s1. The van der Waals surface area contributed by atoms with Crippen molar-refractivity contribution in [3.8, 4) is 6.19 Å². The predicted molar refractivity (Wildman–Crippen MR) is 81.0 cm³/mol. The molecule has 1 atom stereocenters. The van der Waals surface area contributed by atoms with E-state index in [0.717, 1.165) is 31.0 Å². The summed E-state index contributed by atoms with van der Waals surface area (Å²) in [6, 6.07) is -0.398. The van der Waals surface area contributed by atoms with Crippen molar-refractivity contribution in [1.82, 2.24) is 15.5 Å². The van der Waals surface area contributed by atoms with Crippen LogP contribution in [0.15, 0.2) is 4.99 Å². The highest BCUT2D eigenvalue weighted by Gasteiger charge is 2.23. The highest BCUT2D eigenvalue weighted by molar-refractivity contribution is 7.99. The zero-order valence-electron chi connectivity index (χ0n) is 11.8. The fourth-order valence-electron chi connectivity index (χ4n) is 1.88. The molecule has 8 heteroatoms. The van der Waals surface area contributed by atoms with Crippen molar-refractivity contribution in [3.63, 3.8) is 0 Å². The highest BCUT2D eigenvalue weighted by atomic mass is 32.2. The number of hydrogen-bond acceptors (Lipinski definition) is 5. The van der Waals surface area contributed by atoms with E-state index < -0.39 is 6.04 Å². The van der Waals surface area contributed by atoms with Gasteiger partial charge in [-0.3, -0.25) is 4.79 Å². The molecule has 0 bridgehead atoms. The van der Waals surface area contributed by atoms with E-state index in [-0.39, 0.29) is 5.91 Å². The van der Waals surface area contributed by atoms with Gasteiger partial charge in [0.05, 0.1) is 11.9 Å². The zero-order chi connectivity index (χ0) is 14.8. The molecule has 0 radical (unpaired) electrons. The van der Waals surface area contributed by atoms with Crippen LogP contribution in [0.5, 0.6) is 0 Å². The van der Waals surface area contributed by atoms with Crippen molar-refractivity contribution in [3.05, 3.63) is 0 Å². The molecule has 0 aromatic rings. The maximum absolute atomic E-state index is 12.0. The average Bonchev–Trinajstić information content (AvgIpc) is 2.98. The van der Waals surface area contributed by atoms with E-state index in [4.69, 9.17) is 11.0 Å². The Labute approximate surface area is 124 Å². The summed E-state index contributed by atoms with van der Waals surface area (Å²) in [5.41, 5.74) is 5.91. The number of guanidine groups is 1. The first-order chi connectivity index (χ1) is 9.69. The van der Waals surface area contributed by atoms with Crippen molar-refractivity contribution in [2.75, 3.05) is 31.8 Å². The predicted octanol–water partition coefficient (Wildman–Crippen LogP) is -0.337. The lowest BCUT2D eigenvalue weighted by Crippen LogP contribution is -2.42. The Balaban J connectivity index is 2.13. The number of amides is 1. The Kier molecular flexibility index (Phi) is 7.84. The Morgan fingerprint density at radius 3 is 3.00 bits per heavy atom. The molecule has 0 aliphatic carbocycles. The molecule has 4 N–H and O–H groups in total. The van der Waals surface area contributed by atoms with E-state index in [0.29, 0.717) is 18.9 Å². The van der Waals surface area contributed by atoms with Gasteiger partial charge in [0.25, 0.3) is 0 Å². The van der Waals surface area contributed by atoms with Crippen molar-refractivity contribution < 1.29 is 4.79 Å². The summed E-state index contributed by atoms with van der Waals surface area (Å²) in [5, 5.41) is 14.2. The number of rotatable bonds is 6. The number of carbonyl (C=O) groups excluding carboxylic acids is 1. The number of carbonyl (C=O) groups is 1. The quantitative estimate of drug-likeness (QED) is 0.268. The van der Waals surface area contributed by atoms with E-state index in [1.807, 2.05) is 4.90 Å². The molecule has 20 heavy (non-hydrogen) atoms. The van der Waals surface area contributed by atoms with Gasteiger partial charge in [0, 0.05) is 25.9 Å². The molecular formula is C12H22N6OS. The van der Waals surface area contributed by atoms with Crippen LogP contribution in [0.4, 0.5) is 0 Å². The number of hydrogen-bond donors (Lipinski definition) is 3. The molecule has 1 amide bonds. The average molecular weight is 298 g/mol. The molecule has 1 rings (SSSR count). The number of aliphatic imine (C=N–C) groups is 1. The lowest BCUT2D eigenvalue weighted by atomic mass is 10.1. The van der Waals surface area contributed by atoms with Crippen molar-refractivity contribution in [2.45, 2.75) is 25.3 Å². The highest BCUT2D eigenvalue weighted by Crippen LogP contribution is 2.15. The number of nitrogens with two attached hydrogens (primary N) is 1. The van der Waals surface area contributed by atoms with Crippen LogP contribution in [-0.2, 0) is 4.79 Å². The summed E-state index contributed by atoms with van der Waals surface area (Å²) < 4.78 is 0. The normalized spacial score (nSPS) is 16.6. The van der Waals surface area contributed by atoms with Crippen LogP contribution in [0.3, 0.4) is 0 Å².